The zero-order chi connectivity index (χ0) is 13.6. The molecule has 1 aromatic rings. The molecular formula is C8H15N2O5PS2. The highest BCUT2D eigenvalue weighted by Gasteiger charge is 2.25. The van der Waals surface area contributed by atoms with Crippen molar-refractivity contribution in [1.29, 1.82) is 0 Å². The van der Waals surface area contributed by atoms with Crippen LogP contribution in [0.3, 0.4) is 0 Å². The summed E-state index contributed by atoms with van der Waals surface area (Å²) in [6.07, 6.45) is 0. The van der Waals surface area contributed by atoms with Gasteiger partial charge in [0.25, 0.3) is 5.19 Å². The molecule has 0 spiro atoms. The lowest BCUT2D eigenvalue weighted by molar-refractivity contribution is 0.236. The van der Waals surface area contributed by atoms with Crippen LogP contribution in [0.1, 0.15) is 13.8 Å². The molecule has 0 aliphatic heterocycles. The number of methoxy groups -OCH3 is 1. The molecule has 1 aromatic heterocycles. The Morgan fingerprint density at radius 1 is 1.39 bits per heavy atom. The molecule has 1 heterocycles. The Balaban J connectivity index is 2.69. The Hall–Kier alpha value is -0.340. The average molecular weight is 314 g/mol. The standard InChI is InChI=1S/C8H15N2O5PS2/c1-4-14-16(12,15-5-2)17-6-10-8(11)18-7(9-10)13-3/h4-6H2,1-3H3. The van der Waals surface area contributed by atoms with Gasteiger partial charge in [0.15, 0.2) is 0 Å². The number of rotatable bonds is 8. The van der Waals surface area contributed by atoms with Crippen molar-refractivity contribution >= 4 is 29.5 Å². The fraction of sp³-hybridized carbons (Fsp3) is 0.750. The predicted octanol–water partition coefficient (Wildman–Crippen LogP) is 2.19. The molecule has 0 radical (unpaired) electrons. The van der Waals surface area contributed by atoms with Crippen LogP contribution in [0.15, 0.2) is 4.79 Å². The van der Waals surface area contributed by atoms with Gasteiger partial charge in [-0.05, 0) is 36.6 Å². The molecule has 0 fully saturated rings. The van der Waals surface area contributed by atoms with Gasteiger partial charge in [0.05, 0.1) is 20.3 Å². The monoisotopic (exact) mass is 314 g/mol. The Bertz CT molecular complexity index is 464. The first kappa shape index (κ1) is 15.7. The molecule has 10 heteroatoms. The van der Waals surface area contributed by atoms with E-state index in [1.165, 1.54) is 11.8 Å². The second kappa shape index (κ2) is 7.30. The van der Waals surface area contributed by atoms with E-state index in [2.05, 4.69) is 5.10 Å². The summed E-state index contributed by atoms with van der Waals surface area (Å²) >= 11 is 1.81. The number of aromatic nitrogens is 2. The second-order valence-corrected chi connectivity index (χ2v) is 7.82. The van der Waals surface area contributed by atoms with Crippen molar-refractivity contribution in [2.24, 2.45) is 0 Å². The summed E-state index contributed by atoms with van der Waals surface area (Å²) in [5, 5.41) is 4.17. The van der Waals surface area contributed by atoms with E-state index in [1.807, 2.05) is 0 Å². The summed E-state index contributed by atoms with van der Waals surface area (Å²) in [5.74, 6) is 0.0932. The van der Waals surface area contributed by atoms with E-state index < -0.39 is 6.80 Å². The molecule has 104 valence electrons. The van der Waals surface area contributed by atoms with Crippen LogP contribution in [0.4, 0.5) is 0 Å². The Kier molecular flexibility index (Phi) is 6.37. The topological polar surface area (TPSA) is 79.7 Å². The molecule has 1 rings (SSSR count). The molecule has 0 atom stereocenters. The van der Waals surface area contributed by atoms with Gasteiger partial charge in [-0.3, -0.25) is 4.79 Å². The molecule has 0 aliphatic carbocycles. The molecular weight excluding hydrogens is 299 g/mol. The van der Waals surface area contributed by atoms with Crippen LogP contribution in [0, 0.1) is 0 Å². The van der Waals surface area contributed by atoms with E-state index in [-0.39, 0.29) is 29.2 Å². The smallest absolute Gasteiger partial charge is 0.390 e. The van der Waals surface area contributed by atoms with Crippen molar-refractivity contribution in [3.8, 4) is 5.19 Å². The molecule has 0 saturated carbocycles. The summed E-state index contributed by atoms with van der Waals surface area (Å²) in [6, 6.07) is 0. The molecule has 0 bridgehead atoms. The molecule has 18 heavy (non-hydrogen) atoms. The second-order valence-electron chi connectivity index (χ2n) is 2.88. The Labute approximate surface area is 113 Å². The maximum atomic E-state index is 12.1. The summed E-state index contributed by atoms with van der Waals surface area (Å²) in [6.45, 7) is 0.785. The predicted molar refractivity (Wildman–Crippen MR) is 71.4 cm³/mol. The van der Waals surface area contributed by atoms with Crippen molar-refractivity contribution in [3.05, 3.63) is 9.67 Å². The fourth-order valence-electron chi connectivity index (χ4n) is 1.00. The highest BCUT2D eigenvalue weighted by Crippen LogP contribution is 2.60. The lowest BCUT2D eigenvalue weighted by Gasteiger charge is -2.15. The lowest BCUT2D eigenvalue weighted by Crippen LogP contribution is -2.13. The Morgan fingerprint density at radius 2 is 2.00 bits per heavy atom. The fourth-order valence-corrected chi connectivity index (χ4v) is 4.78. The first-order valence-electron chi connectivity index (χ1n) is 5.20. The van der Waals surface area contributed by atoms with Crippen LogP contribution in [0.2, 0.25) is 0 Å². The number of ether oxygens (including phenoxy) is 1. The summed E-state index contributed by atoms with van der Waals surface area (Å²) in [4.78, 5) is 11.2. The molecule has 0 aromatic carbocycles. The normalized spacial score (nSPS) is 11.7. The van der Waals surface area contributed by atoms with Crippen LogP contribution < -0.4 is 9.61 Å². The van der Waals surface area contributed by atoms with Gasteiger partial charge in [-0.15, -0.1) is 5.10 Å². The van der Waals surface area contributed by atoms with Gasteiger partial charge in [-0.25, -0.2) is 9.25 Å². The number of hydrogen-bond donors (Lipinski definition) is 0. The number of nitrogens with zero attached hydrogens (tertiary/aromatic N) is 2. The highest BCUT2D eigenvalue weighted by molar-refractivity contribution is 8.54. The third kappa shape index (κ3) is 4.40. The van der Waals surface area contributed by atoms with E-state index in [9.17, 15) is 9.36 Å². The van der Waals surface area contributed by atoms with E-state index >= 15 is 0 Å². The van der Waals surface area contributed by atoms with Gasteiger partial charge < -0.3 is 13.8 Å². The maximum Gasteiger partial charge on any atom is 0.390 e. The van der Waals surface area contributed by atoms with Crippen molar-refractivity contribution < 1.29 is 18.3 Å². The first-order valence-corrected chi connectivity index (χ1v) is 9.15. The van der Waals surface area contributed by atoms with Gasteiger partial charge in [-0.1, -0.05) is 0 Å². The van der Waals surface area contributed by atoms with E-state index in [1.54, 1.807) is 13.8 Å². The largest absolute Gasteiger partial charge is 0.472 e. The quantitative estimate of drug-likeness (QED) is 0.680. The summed E-state index contributed by atoms with van der Waals surface area (Å²) in [5.41, 5.74) is 0. The molecule has 0 N–H and O–H groups in total. The van der Waals surface area contributed by atoms with E-state index in [0.717, 1.165) is 22.7 Å². The molecule has 7 nitrogen and oxygen atoms in total. The van der Waals surface area contributed by atoms with Crippen LogP contribution in [0.25, 0.3) is 0 Å². The Morgan fingerprint density at radius 3 is 2.44 bits per heavy atom. The minimum atomic E-state index is -3.22. The van der Waals surface area contributed by atoms with Gasteiger partial charge in [0.1, 0.15) is 5.88 Å². The highest BCUT2D eigenvalue weighted by atomic mass is 32.7. The first-order chi connectivity index (χ1) is 8.54. The lowest BCUT2D eigenvalue weighted by atomic mass is 10.9. The zero-order valence-electron chi connectivity index (χ0n) is 10.3. The maximum absolute atomic E-state index is 12.1. The zero-order valence-corrected chi connectivity index (χ0v) is 12.8. The minimum absolute atomic E-state index is 0.0932. The molecule has 0 saturated heterocycles. The summed E-state index contributed by atoms with van der Waals surface area (Å²) < 4.78 is 28.3. The third-order valence-electron chi connectivity index (χ3n) is 1.67. The molecule has 0 amide bonds. The molecule has 0 aliphatic rings. The minimum Gasteiger partial charge on any atom is -0.472 e. The SMILES string of the molecule is CCOP(=O)(OCC)SCn1nc(OC)sc1=O. The van der Waals surface area contributed by atoms with Crippen LogP contribution >= 0.6 is 29.5 Å². The van der Waals surface area contributed by atoms with Crippen LogP contribution in [0.5, 0.6) is 5.19 Å². The van der Waals surface area contributed by atoms with E-state index in [0.29, 0.717) is 0 Å². The van der Waals surface area contributed by atoms with Gasteiger partial charge in [0.2, 0.25) is 0 Å². The van der Waals surface area contributed by atoms with Crippen molar-refractivity contribution in [3.63, 3.8) is 0 Å². The van der Waals surface area contributed by atoms with Crippen molar-refractivity contribution in [1.82, 2.24) is 9.78 Å². The van der Waals surface area contributed by atoms with Gasteiger partial charge >= 0.3 is 11.7 Å². The number of hydrogen-bond acceptors (Lipinski definition) is 8. The van der Waals surface area contributed by atoms with Gasteiger partial charge in [-0.2, -0.15) is 0 Å². The van der Waals surface area contributed by atoms with Crippen molar-refractivity contribution in [2.75, 3.05) is 20.3 Å². The van der Waals surface area contributed by atoms with Gasteiger partial charge in [0, 0.05) is 0 Å². The molecule has 0 unspecified atom stereocenters. The van der Waals surface area contributed by atoms with Crippen LogP contribution in [-0.2, 0) is 19.5 Å². The van der Waals surface area contributed by atoms with Crippen LogP contribution in [-0.4, -0.2) is 30.1 Å². The average Bonchev–Trinajstić information content (AvgIpc) is 2.68. The van der Waals surface area contributed by atoms with E-state index in [4.69, 9.17) is 13.8 Å². The summed E-state index contributed by atoms with van der Waals surface area (Å²) in [7, 11) is 1.43. The van der Waals surface area contributed by atoms with Crippen molar-refractivity contribution in [2.45, 2.75) is 19.7 Å². The third-order valence-corrected chi connectivity index (χ3v) is 6.24.